The van der Waals surface area contributed by atoms with E-state index in [2.05, 4.69) is 52.9 Å². The maximum absolute atomic E-state index is 5.78. The van der Waals surface area contributed by atoms with Gasteiger partial charge in [-0.15, -0.1) is 5.10 Å². The Morgan fingerprint density at radius 1 is 0.886 bits per heavy atom. The highest BCUT2D eigenvalue weighted by Gasteiger charge is 2.16. The highest BCUT2D eigenvalue weighted by molar-refractivity contribution is 5.93. The number of aromatic nitrogens is 4. The van der Waals surface area contributed by atoms with Gasteiger partial charge in [-0.05, 0) is 63.1 Å². The minimum atomic E-state index is 0.598. The summed E-state index contributed by atoms with van der Waals surface area (Å²) in [5.74, 6) is 2.38. The number of hydrogen-bond acceptors (Lipinski definition) is 6. The number of fused-ring (bicyclic) bond motifs is 3. The topological polar surface area (TPSA) is 73.6 Å². The summed E-state index contributed by atoms with van der Waals surface area (Å²) >= 11 is 0. The van der Waals surface area contributed by atoms with Gasteiger partial charge in [0.15, 0.2) is 17.1 Å². The van der Waals surface area contributed by atoms with Crippen molar-refractivity contribution < 1.29 is 9.47 Å². The van der Waals surface area contributed by atoms with Crippen molar-refractivity contribution in [2.75, 3.05) is 25.1 Å². The predicted octanol–water partition coefficient (Wildman–Crippen LogP) is 5.70. The Balaban J connectivity index is 1.45. The van der Waals surface area contributed by atoms with Crippen LogP contribution in [0.15, 0.2) is 66.7 Å². The molecule has 2 heterocycles. The second-order valence-corrected chi connectivity index (χ2v) is 8.34. The molecular formula is C28H29N5O2. The van der Waals surface area contributed by atoms with E-state index in [-0.39, 0.29) is 0 Å². The van der Waals surface area contributed by atoms with Crippen molar-refractivity contribution in [1.82, 2.24) is 19.8 Å². The van der Waals surface area contributed by atoms with Gasteiger partial charge in [0.25, 0.3) is 0 Å². The summed E-state index contributed by atoms with van der Waals surface area (Å²) in [7, 11) is 0. The molecule has 0 radical (unpaired) electrons. The third-order valence-corrected chi connectivity index (χ3v) is 5.86. The van der Waals surface area contributed by atoms with Crippen LogP contribution in [0.25, 0.3) is 27.8 Å². The fourth-order valence-corrected chi connectivity index (χ4v) is 4.25. The van der Waals surface area contributed by atoms with E-state index in [1.54, 1.807) is 0 Å². The number of nitrogens with zero attached hydrogens (tertiary/aromatic N) is 4. The van der Waals surface area contributed by atoms with Crippen LogP contribution in [0, 0.1) is 6.92 Å². The van der Waals surface area contributed by atoms with Gasteiger partial charge in [0.1, 0.15) is 11.5 Å². The van der Waals surface area contributed by atoms with Gasteiger partial charge in [-0.1, -0.05) is 47.2 Å². The molecule has 0 amide bonds. The first-order valence-electron chi connectivity index (χ1n) is 12.0. The molecule has 3 aromatic carbocycles. The maximum atomic E-state index is 5.78. The van der Waals surface area contributed by atoms with Crippen molar-refractivity contribution in [3.8, 4) is 22.8 Å². The molecule has 7 heteroatoms. The average molecular weight is 468 g/mol. The monoisotopic (exact) mass is 467 g/mol. The second-order valence-electron chi connectivity index (χ2n) is 8.34. The van der Waals surface area contributed by atoms with Crippen molar-refractivity contribution in [3.63, 3.8) is 0 Å². The minimum Gasteiger partial charge on any atom is -0.490 e. The van der Waals surface area contributed by atoms with E-state index < -0.39 is 0 Å². The van der Waals surface area contributed by atoms with Crippen LogP contribution in [0.5, 0.6) is 11.5 Å². The molecule has 0 saturated heterocycles. The first-order valence-corrected chi connectivity index (χ1v) is 12.0. The second kappa shape index (κ2) is 10.0. The van der Waals surface area contributed by atoms with Crippen LogP contribution < -0.4 is 14.8 Å². The molecule has 0 saturated carbocycles. The standard InChI is InChI=1S/C28H29N5O2/c1-4-34-24-14-13-20(18-25(24)35-5-2)15-16-29-27-22-11-6-7-12-23(22)33-28(30-27)26(31-32-33)21-10-8-9-19(3)17-21/h6-14,17-18H,4-5,15-16H2,1-3H3,(H,29,30). The molecule has 2 aromatic heterocycles. The summed E-state index contributed by atoms with van der Waals surface area (Å²) in [6.45, 7) is 7.95. The molecule has 0 aliphatic rings. The summed E-state index contributed by atoms with van der Waals surface area (Å²) in [6, 6.07) is 22.5. The van der Waals surface area contributed by atoms with E-state index in [0.717, 1.165) is 51.5 Å². The minimum absolute atomic E-state index is 0.598. The summed E-state index contributed by atoms with van der Waals surface area (Å²) in [5.41, 5.74) is 5.82. The lowest BCUT2D eigenvalue weighted by molar-refractivity contribution is 0.287. The Bertz CT molecular complexity index is 1480. The third kappa shape index (κ3) is 4.62. The van der Waals surface area contributed by atoms with E-state index in [4.69, 9.17) is 14.5 Å². The largest absolute Gasteiger partial charge is 0.490 e. The quantitative estimate of drug-likeness (QED) is 0.300. The van der Waals surface area contributed by atoms with Crippen molar-refractivity contribution in [2.45, 2.75) is 27.2 Å². The summed E-state index contributed by atoms with van der Waals surface area (Å²) in [5, 5.41) is 13.4. The zero-order valence-electron chi connectivity index (χ0n) is 20.3. The number of para-hydroxylation sites is 1. The number of hydrogen-bond donors (Lipinski definition) is 1. The van der Waals surface area contributed by atoms with Crippen LogP contribution in [0.3, 0.4) is 0 Å². The highest BCUT2D eigenvalue weighted by Crippen LogP contribution is 2.30. The van der Waals surface area contributed by atoms with Gasteiger partial charge in [0.2, 0.25) is 0 Å². The predicted molar refractivity (Wildman–Crippen MR) is 139 cm³/mol. The number of nitrogens with one attached hydrogen (secondary N) is 1. The molecule has 0 unspecified atom stereocenters. The van der Waals surface area contributed by atoms with Crippen LogP contribution in [-0.4, -0.2) is 39.6 Å². The van der Waals surface area contributed by atoms with Crippen LogP contribution in [-0.2, 0) is 6.42 Å². The summed E-state index contributed by atoms with van der Waals surface area (Å²) in [6.07, 6.45) is 0.815. The molecule has 0 atom stereocenters. The molecule has 7 nitrogen and oxygen atoms in total. The zero-order chi connectivity index (χ0) is 24.2. The smallest absolute Gasteiger partial charge is 0.186 e. The molecule has 5 aromatic rings. The zero-order valence-corrected chi connectivity index (χ0v) is 20.3. The number of anilines is 1. The molecular weight excluding hydrogens is 438 g/mol. The molecule has 0 aliphatic carbocycles. The Labute approximate surface area is 204 Å². The number of aryl methyl sites for hydroxylation is 1. The van der Waals surface area contributed by atoms with Gasteiger partial charge in [0, 0.05) is 17.5 Å². The van der Waals surface area contributed by atoms with E-state index >= 15 is 0 Å². The van der Waals surface area contributed by atoms with Crippen molar-refractivity contribution in [2.24, 2.45) is 0 Å². The van der Waals surface area contributed by atoms with Crippen molar-refractivity contribution >= 4 is 22.4 Å². The lowest BCUT2D eigenvalue weighted by atomic mass is 10.1. The molecule has 0 fully saturated rings. The normalized spacial score (nSPS) is 11.2. The third-order valence-electron chi connectivity index (χ3n) is 5.86. The van der Waals surface area contributed by atoms with Crippen LogP contribution in [0.1, 0.15) is 25.0 Å². The maximum Gasteiger partial charge on any atom is 0.186 e. The number of ether oxygens (including phenoxy) is 2. The van der Waals surface area contributed by atoms with Gasteiger partial charge in [-0.3, -0.25) is 0 Å². The fourth-order valence-electron chi connectivity index (χ4n) is 4.25. The highest BCUT2D eigenvalue weighted by atomic mass is 16.5. The van der Waals surface area contributed by atoms with Gasteiger partial charge in [0.05, 0.1) is 18.7 Å². The number of rotatable bonds is 9. The fraction of sp³-hybridized carbons (Fsp3) is 0.250. The SMILES string of the molecule is CCOc1ccc(CCNc2nc3c(-c4cccc(C)c4)nnn3c3ccccc23)cc1OCC. The first kappa shape index (κ1) is 22.7. The van der Waals surface area contributed by atoms with Gasteiger partial charge >= 0.3 is 0 Å². The van der Waals surface area contributed by atoms with Crippen molar-refractivity contribution in [3.05, 3.63) is 77.9 Å². The Hall–Kier alpha value is -4.13. The van der Waals surface area contributed by atoms with Gasteiger partial charge in [-0.25, -0.2) is 4.98 Å². The molecule has 1 N–H and O–H groups in total. The summed E-state index contributed by atoms with van der Waals surface area (Å²) < 4.78 is 13.3. The van der Waals surface area contributed by atoms with Crippen molar-refractivity contribution in [1.29, 1.82) is 0 Å². The van der Waals surface area contributed by atoms with Crippen LogP contribution in [0.4, 0.5) is 5.82 Å². The summed E-state index contributed by atoms with van der Waals surface area (Å²) in [4.78, 5) is 4.97. The van der Waals surface area contributed by atoms with E-state index in [0.29, 0.717) is 19.8 Å². The molecule has 5 rings (SSSR count). The van der Waals surface area contributed by atoms with Crippen LogP contribution >= 0.6 is 0 Å². The van der Waals surface area contributed by atoms with E-state index in [1.807, 2.05) is 54.8 Å². The van der Waals surface area contributed by atoms with E-state index in [9.17, 15) is 0 Å². The Morgan fingerprint density at radius 2 is 1.71 bits per heavy atom. The molecule has 0 bridgehead atoms. The van der Waals surface area contributed by atoms with Gasteiger partial charge < -0.3 is 14.8 Å². The molecule has 0 spiro atoms. The van der Waals surface area contributed by atoms with Gasteiger partial charge in [-0.2, -0.15) is 4.52 Å². The number of benzene rings is 3. The average Bonchev–Trinajstić information content (AvgIpc) is 3.30. The Morgan fingerprint density at radius 3 is 2.54 bits per heavy atom. The molecule has 35 heavy (non-hydrogen) atoms. The lowest BCUT2D eigenvalue weighted by Gasteiger charge is -2.13. The molecule has 178 valence electrons. The Kier molecular flexibility index (Phi) is 6.48. The lowest BCUT2D eigenvalue weighted by Crippen LogP contribution is -2.09. The molecule has 0 aliphatic heterocycles. The van der Waals surface area contributed by atoms with Crippen LogP contribution in [0.2, 0.25) is 0 Å². The van der Waals surface area contributed by atoms with E-state index in [1.165, 1.54) is 11.1 Å². The first-order chi connectivity index (χ1) is 17.2.